The third-order valence-corrected chi connectivity index (χ3v) is 5.49. The Kier molecular flexibility index (Phi) is 4.84. The van der Waals surface area contributed by atoms with Crippen LogP contribution in [0.25, 0.3) is 0 Å². The van der Waals surface area contributed by atoms with E-state index in [0.717, 1.165) is 33.8 Å². The first kappa shape index (κ1) is 15.6. The molecule has 2 aromatic rings. The molecule has 0 aliphatic carbocycles. The highest BCUT2D eigenvalue weighted by Gasteiger charge is 2.31. The summed E-state index contributed by atoms with van der Waals surface area (Å²) < 4.78 is 6.48. The first-order chi connectivity index (χ1) is 10.7. The summed E-state index contributed by atoms with van der Waals surface area (Å²) in [4.78, 5) is 15.5. The number of carbonyl (C=O) groups excluding carboxylic acids is 1. The molecule has 1 fully saturated rings. The van der Waals surface area contributed by atoms with Crippen LogP contribution in [0.4, 0.5) is 0 Å². The molecule has 1 atom stereocenters. The van der Waals surface area contributed by atoms with Crippen molar-refractivity contribution in [3.63, 3.8) is 0 Å². The van der Waals surface area contributed by atoms with Crippen molar-refractivity contribution in [1.29, 1.82) is 0 Å². The van der Waals surface area contributed by atoms with E-state index in [9.17, 15) is 4.79 Å². The number of thiophene rings is 1. The molecule has 3 rings (SSSR count). The molecule has 1 aromatic carbocycles. The Labute approximate surface area is 143 Å². The number of amides is 1. The number of rotatable bonds is 4. The third-order valence-electron chi connectivity index (χ3n) is 3.87. The molecule has 1 aliphatic heterocycles. The number of ether oxygens (including phenoxy) is 1. The van der Waals surface area contributed by atoms with Crippen LogP contribution in [0.2, 0.25) is 0 Å². The molecule has 116 valence electrons. The van der Waals surface area contributed by atoms with Gasteiger partial charge in [-0.2, -0.15) is 0 Å². The van der Waals surface area contributed by atoms with Crippen LogP contribution in [0.1, 0.15) is 41.0 Å². The predicted octanol–water partition coefficient (Wildman–Crippen LogP) is 4.89. The monoisotopic (exact) mass is 379 g/mol. The van der Waals surface area contributed by atoms with E-state index in [1.54, 1.807) is 0 Å². The molecule has 0 bridgehead atoms. The highest BCUT2D eigenvalue weighted by atomic mass is 79.9. The van der Waals surface area contributed by atoms with Gasteiger partial charge < -0.3 is 9.64 Å². The average Bonchev–Trinajstić information content (AvgIpc) is 3.16. The largest absolute Gasteiger partial charge is 0.494 e. The van der Waals surface area contributed by atoms with Crippen molar-refractivity contribution in [1.82, 2.24) is 4.90 Å². The Morgan fingerprint density at radius 2 is 2.09 bits per heavy atom. The van der Waals surface area contributed by atoms with Crippen LogP contribution in [0.5, 0.6) is 5.75 Å². The van der Waals surface area contributed by atoms with Crippen LogP contribution in [-0.2, 0) is 0 Å². The zero-order valence-corrected chi connectivity index (χ0v) is 14.8. The van der Waals surface area contributed by atoms with Crippen LogP contribution in [0, 0.1) is 0 Å². The molecule has 1 aromatic heterocycles. The third kappa shape index (κ3) is 3.20. The standard InChI is InChI=1S/C17H18BrNO2S/c1-2-21-13-7-5-12(6-8-13)14-4-3-11-19(14)17(20)15-9-10-16(18)22-15/h5-10,14H,2-4,11H2,1H3/t14-/m0/s1. The van der Waals surface area contributed by atoms with Gasteiger partial charge in [0, 0.05) is 6.54 Å². The van der Waals surface area contributed by atoms with Crippen molar-refractivity contribution < 1.29 is 9.53 Å². The lowest BCUT2D eigenvalue weighted by Crippen LogP contribution is -2.29. The van der Waals surface area contributed by atoms with Gasteiger partial charge in [0.2, 0.25) is 0 Å². The van der Waals surface area contributed by atoms with Gasteiger partial charge in [-0.3, -0.25) is 4.79 Å². The van der Waals surface area contributed by atoms with Crippen LogP contribution in [0.15, 0.2) is 40.2 Å². The number of halogens is 1. The first-order valence-corrected chi connectivity index (χ1v) is 9.09. The molecule has 1 aliphatic rings. The van der Waals surface area contributed by atoms with Gasteiger partial charge in [0.05, 0.1) is 21.3 Å². The van der Waals surface area contributed by atoms with E-state index < -0.39 is 0 Å². The van der Waals surface area contributed by atoms with Crippen molar-refractivity contribution in [2.24, 2.45) is 0 Å². The fourth-order valence-electron chi connectivity index (χ4n) is 2.88. The highest BCUT2D eigenvalue weighted by molar-refractivity contribution is 9.11. The van der Waals surface area contributed by atoms with Gasteiger partial charge in [-0.1, -0.05) is 12.1 Å². The van der Waals surface area contributed by atoms with Gasteiger partial charge in [0.25, 0.3) is 5.91 Å². The summed E-state index contributed by atoms with van der Waals surface area (Å²) in [6.45, 7) is 3.47. The van der Waals surface area contributed by atoms with Gasteiger partial charge in [-0.15, -0.1) is 11.3 Å². The SMILES string of the molecule is CCOc1ccc([C@@H]2CCCN2C(=O)c2ccc(Br)s2)cc1. The topological polar surface area (TPSA) is 29.5 Å². The van der Waals surface area contributed by atoms with Gasteiger partial charge in [-0.05, 0) is 65.5 Å². The van der Waals surface area contributed by atoms with Crippen molar-refractivity contribution in [2.45, 2.75) is 25.8 Å². The Bertz CT molecular complexity index is 653. The Morgan fingerprint density at radius 3 is 2.73 bits per heavy atom. The van der Waals surface area contributed by atoms with Crippen molar-refractivity contribution >= 4 is 33.2 Å². The summed E-state index contributed by atoms with van der Waals surface area (Å²) in [5.74, 6) is 1.01. The van der Waals surface area contributed by atoms with Gasteiger partial charge >= 0.3 is 0 Å². The summed E-state index contributed by atoms with van der Waals surface area (Å²) in [6, 6.07) is 12.1. The fraction of sp³-hybridized carbons (Fsp3) is 0.353. The molecule has 1 amide bonds. The number of nitrogens with zero attached hydrogens (tertiary/aromatic N) is 1. The molecule has 0 saturated carbocycles. The van der Waals surface area contributed by atoms with Crippen molar-refractivity contribution in [3.8, 4) is 5.75 Å². The second-order valence-electron chi connectivity index (χ2n) is 5.26. The lowest BCUT2D eigenvalue weighted by molar-refractivity contribution is 0.0740. The number of likely N-dealkylation sites (tertiary alicyclic amines) is 1. The quantitative estimate of drug-likeness (QED) is 0.756. The van der Waals surface area contributed by atoms with Crippen molar-refractivity contribution in [3.05, 3.63) is 50.6 Å². The minimum atomic E-state index is 0.132. The van der Waals surface area contributed by atoms with Gasteiger partial charge in [0.1, 0.15) is 5.75 Å². The van der Waals surface area contributed by atoms with Crippen LogP contribution in [-0.4, -0.2) is 24.0 Å². The second-order valence-corrected chi connectivity index (χ2v) is 7.73. The molecule has 2 heterocycles. The number of hydrogen-bond acceptors (Lipinski definition) is 3. The van der Waals surface area contributed by atoms with Crippen LogP contribution >= 0.6 is 27.3 Å². The Hall–Kier alpha value is -1.33. The van der Waals surface area contributed by atoms with Gasteiger partial charge in [-0.25, -0.2) is 0 Å². The summed E-state index contributed by atoms with van der Waals surface area (Å²) in [5, 5.41) is 0. The average molecular weight is 380 g/mol. The number of hydrogen-bond donors (Lipinski definition) is 0. The van der Waals surface area contributed by atoms with E-state index in [4.69, 9.17) is 4.74 Å². The summed E-state index contributed by atoms with van der Waals surface area (Å²) >= 11 is 4.92. The van der Waals surface area contributed by atoms with E-state index in [1.165, 1.54) is 16.9 Å². The molecule has 0 spiro atoms. The molecule has 5 heteroatoms. The van der Waals surface area contributed by atoms with Crippen LogP contribution < -0.4 is 4.74 Å². The lowest BCUT2D eigenvalue weighted by atomic mass is 10.0. The smallest absolute Gasteiger partial charge is 0.264 e. The normalized spacial score (nSPS) is 17.7. The Morgan fingerprint density at radius 1 is 1.32 bits per heavy atom. The summed E-state index contributed by atoms with van der Waals surface area (Å²) in [7, 11) is 0. The maximum atomic E-state index is 12.7. The molecule has 22 heavy (non-hydrogen) atoms. The molecule has 0 unspecified atom stereocenters. The molecule has 3 nitrogen and oxygen atoms in total. The van der Waals surface area contributed by atoms with E-state index >= 15 is 0 Å². The van der Waals surface area contributed by atoms with E-state index in [0.29, 0.717) is 6.61 Å². The Balaban J connectivity index is 1.79. The zero-order chi connectivity index (χ0) is 15.5. The van der Waals surface area contributed by atoms with E-state index in [2.05, 4.69) is 28.1 Å². The molecule has 1 saturated heterocycles. The number of carbonyl (C=O) groups is 1. The lowest BCUT2D eigenvalue weighted by Gasteiger charge is -2.24. The first-order valence-electron chi connectivity index (χ1n) is 7.48. The minimum Gasteiger partial charge on any atom is -0.494 e. The molecular weight excluding hydrogens is 362 g/mol. The van der Waals surface area contributed by atoms with E-state index in [-0.39, 0.29) is 11.9 Å². The van der Waals surface area contributed by atoms with E-state index in [1.807, 2.05) is 36.1 Å². The fourth-order valence-corrected chi connectivity index (χ4v) is 4.22. The minimum absolute atomic E-state index is 0.132. The second kappa shape index (κ2) is 6.84. The highest BCUT2D eigenvalue weighted by Crippen LogP contribution is 2.35. The van der Waals surface area contributed by atoms with Crippen molar-refractivity contribution in [2.75, 3.05) is 13.2 Å². The van der Waals surface area contributed by atoms with Gasteiger partial charge in [0.15, 0.2) is 0 Å². The summed E-state index contributed by atoms with van der Waals surface area (Å²) in [6.07, 6.45) is 2.07. The maximum Gasteiger partial charge on any atom is 0.264 e. The molecule has 0 radical (unpaired) electrons. The van der Waals surface area contributed by atoms with Crippen LogP contribution in [0.3, 0.4) is 0 Å². The maximum absolute atomic E-state index is 12.7. The number of benzene rings is 1. The zero-order valence-electron chi connectivity index (χ0n) is 12.4. The predicted molar refractivity (Wildman–Crippen MR) is 92.6 cm³/mol. The molecular formula is C17H18BrNO2S. The summed E-state index contributed by atoms with van der Waals surface area (Å²) in [5.41, 5.74) is 1.19. The molecule has 0 N–H and O–H groups in total.